The number of fused-ring (bicyclic) bond motifs is 4. The Bertz CT molecular complexity index is 5420. The molecule has 6 aromatic carbocycles. The number of cyclic esters (lactones) is 2. The summed E-state index contributed by atoms with van der Waals surface area (Å²) >= 11 is 3.72. The first-order valence-corrected chi connectivity index (χ1v) is 46.9. The van der Waals surface area contributed by atoms with Crippen molar-refractivity contribution >= 4 is 128 Å². The molecule has 13 rings (SSSR count). The normalized spacial score (nSPS) is 14.2. The van der Waals surface area contributed by atoms with Crippen LogP contribution >= 0.6 is 41.7 Å². The van der Waals surface area contributed by atoms with Gasteiger partial charge in [0.15, 0.2) is 0 Å². The van der Waals surface area contributed by atoms with Crippen molar-refractivity contribution in [1.29, 1.82) is 0 Å². The van der Waals surface area contributed by atoms with E-state index in [9.17, 15) is 43.8 Å². The van der Waals surface area contributed by atoms with Gasteiger partial charge in [-0.25, -0.2) is 63.7 Å². The summed E-state index contributed by atoms with van der Waals surface area (Å²) in [6.07, 6.45) is 1.20. The fourth-order valence-electron chi connectivity index (χ4n) is 14.2. The van der Waals surface area contributed by atoms with Crippen molar-refractivity contribution in [2.24, 2.45) is 0 Å². The van der Waals surface area contributed by atoms with Gasteiger partial charge in [-0.2, -0.15) is 15.3 Å². The van der Waals surface area contributed by atoms with E-state index in [-0.39, 0.29) is 113 Å². The predicted molar refractivity (Wildman–Crippen MR) is 515 cm³/mol. The van der Waals surface area contributed by atoms with E-state index in [1.807, 2.05) is 45.0 Å². The number of esters is 6. The maximum atomic E-state index is 11.5. The molecular formula is C98H131AlCl4MgO26S. The zero-order chi connectivity index (χ0) is 97.6. The van der Waals surface area contributed by atoms with Crippen LogP contribution in [0.3, 0.4) is 0 Å². The molecule has 0 spiro atoms. The van der Waals surface area contributed by atoms with Crippen molar-refractivity contribution in [3.05, 3.63) is 294 Å². The number of carboxylic acids is 1. The molecule has 131 heavy (non-hydrogen) atoms. The molecule has 0 amide bonds. The molecule has 0 saturated heterocycles. The van der Waals surface area contributed by atoms with Gasteiger partial charge < -0.3 is 85.9 Å². The number of ether oxygens (including phenoxy) is 8. The van der Waals surface area contributed by atoms with Gasteiger partial charge in [0.25, 0.3) is 0 Å². The standard InChI is InChI=1S/C20H24O4.C19H22O4.C13H20O2.C13H18O.C11H12O4.C9H6O3.C7H7ClO3.C2H5.CH4O.2CH4.CH3.Al.3ClH.Mg.H2O4S/c1-12-9-15-16(20(4,5)24-19(15,2)3)11-13(12)10-14-7-8-17(23-14)18(21)22-6;1-11-8-14-15(19(4,5)23-18(14,2)3)10-12(11)9-13-6-7-16(22-13)17(20)21;1-9-6-7-10(12(2,3)14)11(8-9)13(4,5)15;1-9-6-7-10-11(8-9)13(4,5)14-12(10,2)3;1-7-4-5-8(10(12)14-2)9(6-7)11(13)15-3;1-5-2-3-6-7(4-5)9(11)12-8(6)10;1-10-7(9)6-3-2-5(4-8)11-6;2*1-2;;;;;;;;;1-5(2,3)4/h7-9,11H,10H2,1-6H3;6-8,10H,9H2,1-5H3,(H,20,21);6-8,14-15H,1-5H3;6-8H,1-5H3;4-6H,1-3H3;2-4H,1H3;2-3H,4H2,1H3;1H2,2H3;2H,1H3;2*1H4;1H3;;3*1H;;(H2,1,2,3,4)/q;;;;;;;-1;;;;-1;+3;;;;+2;/p-3. The van der Waals surface area contributed by atoms with E-state index in [1.54, 1.807) is 89.2 Å². The summed E-state index contributed by atoms with van der Waals surface area (Å²) < 4.78 is 88.7. The molecule has 26 nitrogen and oxygen atoms in total. The van der Waals surface area contributed by atoms with Gasteiger partial charge in [-0.3, -0.25) is 9.11 Å². The first kappa shape index (κ1) is 125. The number of carbonyl (C=O) groups is 7. The molecule has 3 aromatic heterocycles. The van der Waals surface area contributed by atoms with E-state index in [4.69, 9.17) is 96.9 Å². The number of aliphatic hydroxyl groups excluding tert-OH is 1. The van der Waals surface area contributed by atoms with Crippen LogP contribution in [-0.4, -0.2) is 150 Å². The van der Waals surface area contributed by atoms with E-state index in [2.05, 4.69) is 177 Å². The van der Waals surface area contributed by atoms with Crippen LogP contribution in [0.25, 0.3) is 0 Å². The Hall–Kier alpha value is -8.26. The average Bonchev–Trinajstić information content (AvgIpc) is 1.60. The third-order valence-electron chi connectivity index (χ3n) is 19.7. The molecule has 6 N–H and O–H groups in total. The van der Waals surface area contributed by atoms with Gasteiger partial charge in [-0.05, 0) is 280 Å². The molecule has 0 radical (unpaired) electrons. The van der Waals surface area contributed by atoms with Crippen LogP contribution in [0.4, 0.5) is 0 Å². The Kier molecular flexibility index (Phi) is 50.1. The first-order valence-electron chi connectivity index (χ1n) is 39.7. The van der Waals surface area contributed by atoms with Crippen LogP contribution in [-0.2, 0) is 112 Å². The summed E-state index contributed by atoms with van der Waals surface area (Å²) in [7, 11) is 16.3. The Balaban J connectivity index is 0. The van der Waals surface area contributed by atoms with Crippen LogP contribution in [0.2, 0.25) is 0 Å². The molecule has 0 saturated carbocycles. The Morgan fingerprint density at radius 2 is 0.733 bits per heavy atom. The molecule has 0 atom stereocenters. The fraction of sp³-hybridized carbons (Fsp3) is 0.418. The second-order valence-electron chi connectivity index (χ2n) is 33.3. The second kappa shape index (κ2) is 52.6. The number of furan rings is 3. The topological polar surface area (TPSA) is 388 Å². The molecule has 7 heterocycles. The largest absolute Gasteiger partial charge is 2.00 e. The van der Waals surface area contributed by atoms with Gasteiger partial charge in [0.2, 0.25) is 17.3 Å². The Morgan fingerprint density at radius 1 is 0.427 bits per heavy atom. The Morgan fingerprint density at radius 3 is 1.11 bits per heavy atom. The minimum atomic E-state index is -4.67. The van der Waals surface area contributed by atoms with E-state index in [1.165, 1.54) is 90.6 Å². The van der Waals surface area contributed by atoms with Gasteiger partial charge in [-0.15, -0.1) is 11.6 Å². The minimum absolute atomic E-state index is 0. The third kappa shape index (κ3) is 36.5. The van der Waals surface area contributed by atoms with E-state index >= 15 is 0 Å². The zero-order valence-electron chi connectivity index (χ0n) is 79.1. The van der Waals surface area contributed by atoms with Crippen molar-refractivity contribution in [2.75, 3.05) is 35.5 Å². The van der Waals surface area contributed by atoms with Crippen LogP contribution in [0.1, 0.15) is 312 Å². The number of hydrogen-bond acceptors (Lipinski definition) is 23. The number of benzene rings is 6. The maximum absolute atomic E-state index is 11.5. The number of alkyl halides is 1. The second-order valence-corrected chi connectivity index (χ2v) is 40.9. The molecule has 4 aliphatic heterocycles. The molecule has 4 aliphatic rings. The summed E-state index contributed by atoms with van der Waals surface area (Å²) in [5.74, 6) is -1.55. The molecule has 9 aromatic rings. The molecule has 0 fully saturated rings. The van der Waals surface area contributed by atoms with Gasteiger partial charge in [0.05, 0.1) is 101 Å². The Labute approximate surface area is 811 Å². The summed E-state index contributed by atoms with van der Waals surface area (Å²) in [4.78, 5) is 77.9. The molecule has 33 heteroatoms. The smallest absolute Gasteiger partial charge is 0.475 e. The van der Waals surface area contributed by atoms with E-state index in [0.717, 1.165) is 51.8 Å². The third-order valence-corrected chi connectivity index (χ3v) is 19.9. The number of rotatable bonds is 12. The van der Waals surface area contributed by atoms with Crippen LogP contribution < -0.4 is 0 Å². The monoisotopic (exact) mass is 1950 g/mol. The number of halogens is 4. The summed E-state index contributed by atoms with van der Waals surface area (Å²) in [5, 5.41) is 36.0. The number of carbonyl (C=O) groups excluding carboxylic acids is 6. The van der Waals surface area contributed by atoms with Crippen molar-refractivity contribution in [3.63, 3.8) is 0 Å². The van der Waals surface area contributed by atoms with Gasteiger partial charge in [0.1, 0.15) is 17.3 Å². The summed E-state index contributed by atoms with van der Waals surface area (Å²) in [6, 6.07) is 40.9. The SMILES string of the molecule is C.C.CO.COC(=O)c1ccc(C)cc1C(=O)OC.COC(=O)c1ccc(CCl)o1.COC(=O)c1ccc(Cc2cc3c(cc2C)C(C)(C)OC3(C)C)o1.Cc1cc2c(cc1Cc1ccc(C(=O)O)o1)C(C)(C)OC2(C)C.Cc1ccc(C(C)(C)O)c(C(C)(C)O)c1.Cc1ccc2c(c1)C(=O)OC2=O.Cc1ccc2c(c1)C(C)(C)OC2(C)C.O=S(=O)(O)O.[CH2-]C.[CH3-].[Cl][Al]([Cl])[Cl].[Mg+2]. The number of methoxy groups -OCH3 is 4. The van der Waals surface area contributed by atoms with Gasteiger partial charge in [-0.1, -0.05) is 110 Å². The van der Waals surface area contributed by atoms with Crippen LogP contribution in [0.5, 0.6) is 0 Å². The minimum Gasteiger partial charge on any atom is -0.475 e. The van der Waals surface area contributed by atoms with Gasteiger partial charge >= 0.3 is 86.6 Å². The molecular weight excluding hydrogens is 1820 g/mol. The molecule has 0 aliphatic carbocycles. The number of aromatic carboxylic acids is 1. The fourth-order valence-corrected chi connectivity index (χ4v) is 14.4. The first-order chi connectivity index (χ1) is 58.5. The number of carboxylic acid groups (broad SMARTS) is 1. The van der Waals surface area contributed by atoms with Crippen LogP contribution in [0, 0.1) is 55.9 Å². The van der Waals surface area contributed by atoms with Crippen molar-refractivity contribution < 1.29 is 123 Å². The molecule has 718 valence electrons. The van der Waals surface area contributed by atoms with Crippen molar-refractivity contribution in [1.82, 2.24) is 0 Å². The van der Waals surface area contributed by atoms with E-state index < -0.39 is 74.8 Å². The van der Waals surface area contributed by atoms with E-state index in [0.29, 0.717) is 35.5 Å². The summed E-state index contributed by atoms with van der Waals surface area (Å²) in [5.41, 5.74) is 15.7. The quantitative estimate of drug-likeness (QED) is 0.0126. The predicted octanol–water partition coefficient (Wildman–Crippen LogP) is 22.3. The van der Waals surface area contributed by atoms with Crippen molar-refractivity contribution in [2.45, 2.75) is 238 Å². The number of aliphatic hydroxyl groups is 3. The molecule has 0 unspecified atom stereocenters. The number of aryl methyl sites for hydroxylation is 6. The molecule has 0 bridgehead atoms. The maximum Gasteiger partial charge on any atom is 2.00 e. The number of hydrogen-bond donors (Lipinski definition) is 6. The average molecular weight is 1950 g/mol. The summed E-state index contributed by atoms with van der Waals surface area (Å²) in [6.45, 7) is 49.2. The van der Waals surface area contributed by atoms with Gasteiger partial charge in [0, 0.05) is 20.0 Å². The zero-order valence-corrected chi connectivity index (χ0v) is 85.5. The van der Waals surface area contributed by atoms with Crippen molar-refractivity contribution in [3.8, 4) is 0 Å². The van der Waals surface area contributed by atoms with Crippen LogP contribution in [0.15, 0.2) is 147 Å².